The first-order valence-corrected chi connectivity index (χ1v) is 6.02. The summed E-state index contributed by atoms with van der Waals surface area (Å²) in [6, 6.07) is 0. The minimum absolute atomic E-state index is 0.126. The summed E-state index contributed by atoms with van der Waals surface area (Å²) in [5.41, 5.74) is 1.30. The average molecular weight is 197 g/mol. The molecule has 82 valence electrons. The molecule has 1 fully saturated rings. The fourth-order valence-electron chi connectivity index (χ4n) is 2.35. The predicted molar refractivity (Wildman–Crippen MR) is 60.6 cm³/mol. The van der Waals surface area contributed by atoms with Gasteiger partial charge in [-0.1, -0.05) is 31.8 Å². The quantitative estimate of drug-likeness (QED) is 0.577. The van der Waals surface area contributed by atoms with E-state index in [1.54, 1.807) is 0 Å². The van der Waals surface area contributed by atoms with Crippen LogP contribution in [0.15, 0.2) is 5.16 Å². The van der Waals surface area contributed by atoms with Gasteiger partial charge in [0, 0.05) is 6.42 Å². The Balaban J connectivity index is 0.000000461. The van der Waals surface area contributed by atoms with E-state index < -0.39 is 0 Å². The van der Waals surface area contributed by atoms with Crippen LogP contribution in [0.1, 0.15) is 65.7 Å². The van der Waals surface area contributed by atoms with Crippen molar-refractivity contribution in [3.63, 3.8) is 0 Å². The van der Waals surface area contributed by atoms with Crippen LogP contribution in [0.4, 0.5) is 0 Å². The normalized spacial score (nSPS) is 24.4. The van der Waals surface area contributed by atoms with Crippen LogP contribution in [0.3, 0.4) is 0 Å². The molecule has 2 aliphatic rings. The molecule has 0 N–H and O–H groups in total. The van der Waals surface area contributed by atoms with Crippen molar-refractivity contribution in [1.29, 1.82) is 0 Å². The summed E-state index contributed by atoms with van der Waals surface area (Å²) < 4.78 is 0. The Morgan fingerprint density at radius 2 is 1.64 bits per heavy atom. The summed E-state index contributed by atoms with van der Waals surface area (Å²) in [6.07, 6.45) is 8.91. The highest BCUT2D eigenvalue weighted by molar-refractivity contribution is 5.83. The van der Waals surface area contributed by atoms with E-state index in [1.807, 2.05) is 13.8 Å². The van der Waals surface area contributed by atoms with Crippen molar-refractivity contribution in [3.05, 3.63) is 0 Å². The van der Waals surface area contributed by atoms with Gasteiger partial charge in [-0.05, 0) is 32.6 Å². The van der Waals surface area contributed by atoms with Crippen LogP contribution in [0, 0.1) is 0 Å². The summed E-state index contributed by atoms with van der Waals surface area (Å²) in [6.45, 7) is 6.07. The maximum Gasteiger partial charge on any atom is 0.143 e. The van der Waals surface area contributed by atoms with E-state index in [9.17, 15) is 0 Å². The van der Waals surface area contributed by atoms with Crippen LogP contribution in [0.25, 0.3) is 0 Å². The number of hydrogen-bond acceptors (Lipinski definition) is 2. The molecule has 0 aromatic heterocycles. The lowest BCUT2D eigenvalue weighted by molar-refractivity contribution is -0.0298. The van der Waals surface area contributed by atoms with Gasteiger partial charge in [-0.15, -0.1) is 0 Å². The highest BCUT2D eigenvalue weighted by Gasteiger charge is 2.37. The Kier molecular flexibility index (Phi) is 4.43. The van der Waals surface area contributed by atoms with Crippen molar-refractivity contribution in [2.75, 3.05) is 0 Å². The maximum absolute atomic E-state index is 5.56. The third-order valence-electron chi connectivity index (χ3n) is 2.99. The van der Waals surface area contributed by atoms with Gasteiger partial charge >= 0.3 is 0 Å². The standard InChI is InChI=1S/C10H17NO.C2H6/c1-9-8-10(12-11-9)6-4-2-3-5-7-10;1-2/h2-8H2,1H3;1-2H3. The molecule has 2 nitrogen and oxygen atoms in total. The van der Waals surface area contributed by atoms with Crippen LogP contribution in [0.5, 0.6) is 0 Å². The molecular formula is C12H23NO. The molecule has 14 heavy (non-hydrogen) atoms. The first kappa shape index (κ1) is 11.5. The van der Waals surface area contributed by atoms with E-state index in [0.717, 1.165) is 6.42 Å². The molecule has 0 bridgehead atoms. The van der Waals surface area contributed by atoms with Crippen molar-refractivity contribution >= 4 is 5.71 Å². The lowest BCUT2D eigenvalue weighted by Crippen LogP contribution is -2.27. The number of nitrogens with zero attached hydrogens (tertiary/aromatic N) is 1. The monoisotopic (exact) mass is 197 g/mol. The molecular weight excluding hydrogens is 174 g/mol. The number of hydrogen-bond donors (Lipinski definition) is 0. The second kappa shape index (κ2) is 5.38. The fourth-order valence-corrected chi connectivity index (χ4v) is 2.35. The SMILES string of the molecule is CC.CC1=NOC2(CCCCCC2)C1. The Morgan fingerprint density at radius 1 is 1.07 bits per heavy atom. The summed E-state index contributed by atoms with van der Waals surface area (Å²) in [5.74, 6) is 0. The van der Waals surface area contributed by atoms with Crippen LogP contribution in [0.2, 0.25) is 0 Å². The summed E-state index contributed by atoms with van der Waals surface area (Å²) in [7, 11) is 0. The van der Waals surface area contributed by atoms with Crippen LogP contribution in [-0.2, 0) is 4.84 Å². The summed E-state index contributed by atoms with van der Waals surface area (Å²) in [5, 5.41) is 4.07. The maximum atomic E-state index is 5.56. The predicted octanol–water partition coefficient (Wildman–Crippen LogP) is 3.90. The minimum Gasteiger partial charge on any atom is -0.389 e. The molecule has 2 heteroatoms. The van der Waals surface area contributed by atoms with Crippen LogP contribution in [-0.4, -0.2) is 11.3 Å². The topological polar surface area (TPSA) is 21.6 Å². The lowest BCUT2D eigenvalue weighted by Gasteiger charge is -2.24. The Hall–Kier alpha value is -0.530. The van der Waals surface area contributed by atoms with Gasteiger partial charge in [-0.2, -0.15) is 0 Å². The van der Waals surface area contributed by atoms with Gasteiger partial charge in [0.15, 0.2) is 0 Å². The van der Waals surface area contributed by atoms with Gasteiger partial charge in [0.05, 0.1) is 5.71 Å². The molecule has 0 aromatic rings. The number of oxime groups is 1. The van der Waals surface area contributed by atoms with Gasteiger partial charge in [-0.25, -0.2) is 0 Å². The van der Waals surface area contributed by atoms with Crippen molar-refractivity contribution in [3.8, 4) is 0 Å². The van der Waals surface area contributed by atoms with Gasteiger partial charge in [-0.3, -0.25) is 0 Å². The van der Waals surface area contributed by atoms with Crippen molar-refractivity contribution < 1.29 is 4.84 Å². The van der Waals surface area contributed by atoms with E-state index in [2.05, 4.69) is 12.1 Å². The van der Waals surface area contributed by atoms with Gasteiger partial charge in [0.25, 0.3) is 0 Å². The first-order valence-electron chi connectivity index (χ1n) is 6.02. The van der Waals surface area contributed by atoms with Gasteiger partial charge in [0.2, 0.25) is 0 Å². The zero-order chi connectivity index (χ0) is 10.4. The average Bonchev–Trinajstić information content (AvgIpc) is 2.44. The summed E-state index contributed by atoms with van der Waals surface area (Å²) in [4.78, 5) is 5.56. The van der Waals surface area contributed by atoms with Gasteiger partial charge < -0.3 is 4.84 Å². The van der Waals surface area contributed by atoms with Crippen LogP contribution >= 0.6 is 0 Å². The highest BCUT2D eigenvalue weighted by atomic mass is 16.7. The van der Waals surface area contributed by atoms with Gasteiger partial charge in [0.1, 0.15) is 5.60 Å². The molecule has 0 amide bonds. The largest absolute Gasteiger partial charge is 0.389 e. The van der Waals surface area contributed by atoms with Crippen LogP contribution < -0.4 is 0 Å². The lowest BCUT2D eigenvalue weighted by atomic mass is 9.90. The summed E-state index contributed by atoms with van der Waals surface area (Å²) >= 11 is 0. The van der Waals surface area contributed by atoms with Crippen molar-refractivity contribution in [2.45, 2.75) is 71.3 Å². The highest BCUT2D eigenvalue weighted by Crippen LogP contribution is 2.36. The second-order valence-corrected chi connectivity index (χ2v) is 4.19. The molecule has 1 aliphatic heterocycles. The molecule has 0 unspecified atom stereocenters. The van der Waals surface area contributed by atoms with E-state index in [1.165, 1.54) is 44.2 Å². The first-order chi connectivity index (χ1) is 6.81. The Labute approximate surface area is 87.7 Å². The molecule has 1 saturated carbocycles. The van der Waals surface area contributed by atoms with Crippen molar-refractivity contribution in [1.82, 2.24) is 0 Å². The van der Waals surface area contributed by atoms with E-state index in [4.69, 9.17) is 4.84 Å². The van der Waals surface area contributed by atoms with E-state index in [-0.39, 0.29) is 5.60 Å². The second-order valence-electron chi connectivity index (χ2n) is 4.19. The minimum atomic E-state index is 0.126. The Bertz CT molecular complexity index is 190. The molecule has 0 saturated heterocycles. The third kappa shape index (κ3) is 2.73. The Morgan fingerprint density at radius 3 is 2.07 bits per heavy atom. The zero-order valence-electron chi connectivity index (χ0n) is 9.81. The third-order valence-corrected chi connectivity index (χ3v) is 2.99. The zero-order valence-corrected chi connectivity index (χ0v) is 9.81. The molecule has 2 rings (SSSR count). The van der Waals surface area contributed by atoms with E-state index >= 15 is 0 Å². The smallest absolute Gasteiger partial charge is 0.143 e. The molecule has 1 heterocycles. The molecule has 1 spiro atoms. The number of rotatable bonds is 0. The molecule has 0 radical (unpaired) electrons. The molecule has 0 aromatic carbocycles. The van der Waals surface area contributed by atoms with E-state index in [0.29, 0.717) is 0 Å². The fraction of sp³-hybridized carbons (Fsp3) is 0.917. The molecule has 1 aliphatic carbocycles. The van der Waals surface area contributed by atoms with Crippen molar-refractivity contribution in [2.24, 2.45) is 5.16 Å². The molecule has 0 atom stereocenters.